The van der Waals surface area contributed by atoms with Gasteiger partial charge in [0.25, 0.3) is 9.70 Å². The summed E-state index contributed by atoms with van der Waals surface area (Å²) in [6.45, 7) is 0.404. The molecule has 1 fully saturated rings. The van der Waals surface area contributed by atoms with Crippen LogP contribution in [0, 0.1) is 0 Å². The van der Waals surface area contributed by atoms with Crippen LogP contribution in [0.5, 0.6) is 0 Å². The summed E-state index contributed by atoms with van der Waals surface area (Å²) >= 11 is 22.4. The standard InChI is InChI=1S/C13H14Cl4N2O3S/c14-9-3-1-2-8(4-9)5-18-10-6-23(21,22)7-11(10)19-12(20)13(15,16)17/h1-4,10-11,18H,5-7H2,(H,19,20)/t10-,11-/m0/s1. The third kappa shape index (κ3) is 5.66. The Kier molecular flexibility index (Phi) is 6.09. The van der Waals surface area contributed by atoms with Crippen LogP contribution in [0.1, 0.15) is 5.56 Å². The van der Waals surface area contributed by atoms with Gasteiger partial charge in [0.1, 0.15) is 0 Å². The molecule has 1 aliphatic rings. The summed E-state index contributed by atoms with van der Waals surface area (Å²) in [4.78, 5) is 11.7. The molecule has 0 bridgehead atoms. The van der Waals surface area contributed by atoms with Crippen molar-refractivity contribution in [1.29, 1.82) is 0 Å². The first kappa shape index (κ1) is 19.1. The molecule has 1 heterocycles. The molecule has 2 rings (SSSR count). The number of carbonyl (C=O) groups excluding carboxylic acids is 1. The molecule has 10 heteroatoms. The second-order valence-electron chi connectivity index (χ2n) is 5.27. The van der Waals surface area contributed by atoms with Gasteiger partial charge in [-0.05, 0) is 17.7 Å². The first-order valence-corrected chi connectivity index (χ1v) is 9.96. The lowest BCUT2D eigenvalue weighted by Gasteiger charge is -2.22. The minimum absolute atomic E-state index is 0.0988. The molecule has 0 spiro atoms. The van der Waals surface area contributed by atoms with Gasteiger partial charge in [0.15, 0.2) is 9.84 Å². The van der Waals surface area contributed by atoms with Crippen molar-refractivity contribution in [3.05, 3.63) is 34.9 Å². The van der Waals surface area contributed by atoms with Crippen molar-refractivity contribution >= 4 is 62.1 Å². The maximum Gasteiger partial charge on any atom is 0.272 e. The minimum atomic E-state index is -3.28. The van der Waals surface area contributed by atoms with Crippen molar-refractivity contribution in [2.75, 3.05) is 11.5 Å². The second kappa shape index (κ2) is 7.33. The lowest BCUT2D eigenvalue weighted by atomic mass is 10.1. The minimum Gasteiger partial charge on any atom is -0.347 e. The number of hydrogen-bond acceptors (Lipinski definition) is 4. The molecule has 0 saturated carbocycles. The number of alkyl halides is 3. The maximum atomic E-state index is 11.8. The van der Waals surface area contributed by atoms with Crippen LogP contribution in [-0.2, 0) is 21.2 Å². The monoisotopic (exact) mass is 418 g/mol. The summed E-state index contributed by atoms with van der Waals surface area (Å²) in [5.74, 6) is -1.15. The van der Waals surface area contributed by atoms with E-state index in [2.05, 4.69) is 10.6 Å². The number of rotatable bonds is 4. The summed E-state index contributed by atoms with van der Waals surface area (Å²) < 4.78 is 21.5. The Balaban J connectivity index is 2.04. The lowest BCUT2D eigenvalue weighted by Crippen LogP contribution is -2.51. The Labute approximate surface area is 154 Å². The van der Waals surface area contributed by atoms with E-state index in [0.717, 1.165) is 5.56 Å². The Morgan fingerprint density at radius 3 is 2.48 bits per heavy atom. The molecule has 1 aromatic rings. The molecule has 0 unspecified atom stereocenters. The predicted octanol–water partition coefficient (Wildman–Crippen LogP) is 2.08. The fourth-order valence-electron chi connectivity index (χ4n) is 2.34. The van der Waals surface area contributed by atoms with Gasteiger partial charge in [-0.25, -0.2) is 8.42 Å². The van der Waals surface area contributed by atoms with Gasteiger partial charge in [-0.3, -0.25) is 4.79 Å². The van der Waals surface area contributed by atoms with E-state index in [0.29, 0.717) is 11.6 Å². The van der Waals surface area contributed by atoms with Gasteiger partial charge in [-0.1, -0.05) is 58.5 Å². The van der Waals surface area contributed by atoms with Crippen LogP contribution in [0.25, 0.3) is 0 Å². The van der Waals surface area contributed by atoms with E-state index in [1.54, 1.807) is 18.2 Å². The summed E-state index contributed by atoms with van der Waals surface area (Å²) in [7, 11) is -3.28. The Hall–Kier alpha value is -0.240. The van der Waals surface area contributed by atoms with E-state index in [9.17, 15) is 13.2 Å². The SMILES string of the molecule is O=C(N[C@H]1CS(=O)(=O)C[C@@H]1NCc1cccc(Cl)c1)C(Cl)(Cl)Cl. The highest BCUT2D eigenvalue weighted by atomic mass is 35.6. The fourth-order valence-corrected chi connectivity index (χ4v) is 4.61. The Morgan fingerprint density at radius 2 is 1.87 bits per heavy atom. The van der Waals surface area contributed by atoms with Crippen LogP contribution in [-0.4, -0.2) is 41.7 Å². The molecule has 1 saturated heterocycles. The first-order valence-electron chi connectivity index (χ1n) is 6.63. The smallest absolute Gasteiger partial charge is 0.272 e. The number of amides is 1. The third-order valence-corrected chi connectivity index (χ3v) is 5.87. The zero-order valence-corrected chi connectivity index (χ0v) is 15.6. The molecule has 0 aromatic heterocycles. The molecule has 0 radical (unpaired) electrons. The van der Waals surface area contributed by atoms with Crippen LogP contribution in [0.15, 0.2) is 24.3 Å². The topological polar surface area (TPSA) is 75.3 Å². The van der Waals surface area contributed by atoms with Crippen molar-refractivity contribution < 1.29 is 13.2 Å². The van der Waals surface area contributed by atoms with Crippen LogP contribution < -0.4 is 10.6 Å². The lowest BCUT2D eigenvalue weighted by molar-refractivity contribution is -0.120. The molecule has 2 atom stereocenters. The second-order valence-corrected chi connectivity index (χ2v) is 10.1. The van der Waals surface area contributed by atoms with E-state index < -0.39 is 31.6 Å². The highest BCUT2D eigenvalue weighted by molar-refractivity contribution is 7.91. The van der Waals surface area contributed by atoms with Crippen LogP contribution in [0.2, 0.25) is 5.02 Å². The molecule has 5 nitrogen and oxygen atoms in total. The van der Waals surface area contributed by atoms with Crippen molar-refractivity contribution in [2.45, 2.75) is 22.4 Å². The molecule has 23 heavy (non-hydrogen) atoms. The quantitative estimate of drug-likeness (QED) is 0.732. The van der Waals surface area contributed by atoms with E-state index in [1.807, 2.05) is 6.07 Å². The third-order valence-electron chi connectivity index (χ3n) is 3.38. The average molecular weight is 420 g/mol. The average Bonchev–Trinajstić information content (AvgIpc) is 2.70. The van der Waals surface area contributed by atoms with Gasteiger partial charge in [0.2, 0.25) is 0 Å². The van der Waals surface area contributed by atoms with Crippen molar-refractivity contribution in [2.24, 2.45) is 0 Å². The summed E-state index contributed by atoms with van der Waals surface area (Å²) in [5, 5.41) is 6.16. The van der Waals surface area contributed by atoms with Gasteiger partial charge >= 0.3 is 0 Å². The summed E-state index contributed by atoms with van der Waals surface area (Å²) in [5.41, 5.74) is 0.897. The largest absolute Gasteiger partial charge is 0.347 e. The van der Waals surface area contributed by atoms with Crippen molar-refractivity contribution in [3.63, 3.8) is 0 Å². The normalized spacial score (nSPS) is 23.7. The first-order chi connectivity index (χ1) is 10.6. The molecule has 1 amide bonds. The van der Waals surface area contributed by atoms with Crippen molar-refractivity contribution in [1.82, 2.24) is 10.6 Å². The molecule has 0 aliphatic carbocycles. The number of sulfone groups is 1. The van der Waals surface area contributed by atoms with E-state index in [1.165, 1.54) is 0 Å². The maximum absolute atomic E-state index is 11.8. The van der Waals surface area contributed by atoms with E-state index in [4.69, 9.17) is 46.4 Å². The summed E-state index contributed by atoms with van der Waals surface area (Å²) in [6.07, 6.45) is 0. The molecule has 1 aromatic carbocycles. The van der Waals surface area contributed by atoms with Crippen LogP contribution in [0.4, 0.5) is 0 Å². The van der Waals surface area contributed by atoms with Crippen LogP contribution >= 0.6 is 46.4 Å². The van der Waals surface area contributed by atoms with E-state index in [-0.39, 0.29) is 11.5 Å². The molecule has 2 N–H and O–H groups in total. The number of hydrogen-bond donors (Lipinski definition) is 2. The van der Waals surface area contributed by atoms with Gasteiger partial charge < -0.3 is 10.6 Å². The van der Waals surface area contributed by atoms with E-state index >= 15 is 0 Å². The molecule has 128 valence electrons. The number of nitrogens with one attached hydrogen (secondary N) is 2. The summed E-state index contributed by atoms with van der Waals surface area (Å²) in [6, 6.07) is 6.03. The Bertz CT molecular complexity index is 691. The zero-order valence-electron chi connectivity index (χ0n) is 11.7. The highest BCUT2D eigenvalue weighted by Crippen LogP contribution is 2.27. The van der Waals surface area contributed by atoms with Gasteiger partial charge in [0.05, 0.1) is 17.5 Å². The van der Waals surface area contributed by atoms with Gasteiger partial charge in [-0.2, -0.15) is 0 Å². The number of carbonyl (C=O) groups is 1. The molecule has 1 aliphatic heterocycles. The highest BCUT2D eigenvalue weighted by Gasteiger charge is 2.41. The Morgan fingerprint density at radius 1 is 1.22 bits per heavy atom. The predicted molar refractivity (Wildman–Crippen MR) is 93.0 cm³/mol. The van der Waals surface area contributed by atoms with Crippen LogP contribution in [0.3, 0.4) is 0 Å². The molecular weight excluding hydrogens is 406 g/mol. The van der Waals surface area contributed by atoms with Gasteiger partial charge in [0, 0.05) is 17.6 Å². The zero-order chi connectivity index (χ0) is 17.3. The van der Waals surface area contributed by atoms with Gasteiger partial charge in [-0.15, -0.1) is 0 Å². The number of benzene rings is 1. The molecular formula is C13H14Cl4N2O3S. The van der Waals surface area contributed by atoms with Crippen molar-refractivity contribution in [3.8, 4) is 0 Å². The number of halogens is 4. The fraction of sp³-hybridized carbons (Fsp3) is 0.462.